The number of nitrogens with two attached hydrogens (primary N) is 2. The van der Waals surface area contributed by atoms with Crippen molar-refractivity contribution in [2.24, 2.45) is 0 Å². The van der Waals surface area contributed by atoms with Crippen molar-refractivity contribution in [1.29, 1.82) is 0 Å². The maximum atomic E-state index is 6.12. The Morgan fingerprint density at radius 3 is 2.60 bits per heavy atom. The van der Waals surface area contributed by atoms with Crippen molar-refractivity contribution in [2.45, 2.75) is 10.6 Å². The summed E-state index contributed by atoms with van der Waals surface area (Å²) in [5, 5.41) is 0.616. The van der Waals surface area contributed by atoms with Gasteiger partial charge in [-0.2, -0.15) is 15.0 Å². The summed E-state index contributed by atoms with van der Waals surface area (Å²) in [6.45, 7) is 0. The molecule has 2 aromatic rings. The third-order valence-electron chi connectivity index (χ3n) is 2.40. The Balaban J connectivity index is 2.14. The van der Waals surface area contributed by atoms with E-state index in [1.165, 1.54) is 11.8 Å². The second-order valence-electron chi connectivity index (χ2n) is 4.28. The first kappa shape index (κ1) is 14.7. The normalized spacial score (nSPS) is 10.6. The van der Waals surface area contributed by atoms with Crippen LogP contribution in [-0.4, -0.2) is 29.0 Å². The van der Waals surface area contributed by atoms with Gasteiger partial charge < -0.3 is 16.4 Å². The molecular formula is C12H15ClN6S. The van der Waals surface area contributed by atoms with E-state index in [-0.39, 0.29) is 5.95 Å². The quantitative estimate of drug-likeness (QED) is 0.659. The molecule has 1 heterocycles. The standard InChI is InChI=1S/C12H15ClN6S/c1-19(2)12-17-10(16-11(15)18-12)6-20-9-4-3-7(14)5-8(9)13/h3-5H,6,14H2,1-2H3,(H2,15,16,17,18). The summed E-state index contributed by atoms with van der Waals surface area (Å²) in [5.74, 6) is 1.91. The van der Waals surface area contributed by atoms with E-state index in [4.69, 9.17) is 23.1 Å². The molecule has 106 valence electrons. The molecule has 2 rings (SSSR count). The molecule has 0 saturated heterocycles. The van der Waals surface area contributed by atoms with Crippen LogP contribution in [0.25, 0.3) is 0 Å². The lowest BCUT2D eigenvalue weighted by Gasteiger charge is -2.11. The van der Waals surface area contributed by atoms with Gasteiger partial charge >= 0.3 is 0 Å². The Hall–Kier alpha value is -1.73. The van der Waals surface area contributed by atoms with Crippen LogP contribution in [0.3, 0.4) is 0 Å². The Labute approximate surface area is 126 Å². The maximum Gasteiger partial charge on any atom is 0.229 e. The highest BCUT2D eigenvalue weighted by molar-refractivity contribution is 7.98. The molecule has 0 aliphatic rings. The van der Waals surface area contributed by atoms with Gasteiger partial charge in [-0.05, 0) is 18.2 Å². The number of aromatic nitrogens is 3. The van der Waals surface area contributed by atoms with Gasteiger partial charge in [0.1, 0.15) is 5.82 Å². The van der Waals surface area contributed by atoms with Crippen LogP contribution in [0, 0.1) is 0 Å². The van der Waals surface area contributed by atoms with Crippen LogP contribution in [0.4, 0.5) is 17.6 Å². The molecule has 0 radical (unpaired) electrons. The zero-order valence-electron chi connectivity index (χ0n) is 11.2. The number of halogens is 1. The lowest BCUT2D eigenvalue weighted by molar-refractivity contribution is 0.919. The predicted molar refractivity (Wildman–Crippen MR) is 84.0 cm³/mol. The molecule has 1 aromatic heterocycles. The lowest BCUT2D eigenvalue weighted by atomic mass is 10.3. The fraction of sp³-hybridized carbons (Fsp3) is 0.250. The number of anilines is 3. The lowest BCUT2D eigenvalue weighted by Crippen LogP contribution is -2.15. The summed E-state index contributed by atoms with van der Waals surface area (Å²) in [4.78, 5) is 15.2. The molecule has 0 aliphatic carbocycles. The first-order valence-corrected chi connectivity index (χ1v) is 7.17. The average Bonchev–Trinajstić information content (AvgIpc) is 2.37. The van der Waals surface area contributed by atoms with Gasteiger partial charge in [-0.3, -0.25) is 0 Å². The van der Waals surface area contributed by atoms with E-state index in [1.807, 2.05) is 20.2 Å². The number of rotatable bonds is 4. The van der Waals surface area contributed by atoms with Crippen LogP contribution in [0.15, 0.2) is 23.1 Å². The molecule has 4 N–H and O–H groups in total. The first-order chi connectivity index (χ1) is 9.45. The molecule has 0 fully saturated rings. The molecule has 0 aliphatic heterocycles. The van der Waals surface area contributed by atoms with Gasteiger partial charge in [-0.1, -0.05) is 11.6 Å². The van der Waals surface area contributed by atoms with Crippen LogP contribution >= 0.6 is 23.4 Å². The number of thioether (sulfide) groups is 1. The van der Waals surface area contributed by atoms with E-state index in [2.05, 4.69) is 15.0 Å². The van der Waals surface area contributed by atoms with Crippen molar-refractivity contribution >= 4 is 40.9 Å². The highest BCUT2D eigenvalue weighted by atomic mass is 35.5. The number of nitrogen functional groups attached to an aromatic ring is 2. The van der Waals surface area contributed by atoms with Gasteiger partial charge in [0.15, 0.2) is 0 Å². The summed E-state index contributed by atoms with van der Waals surface area (Å²) in [6, 6.07) is 5.40. The van der Waals surface area contributed by atoms with Crippen molar-refractivity contribution in [3.63, 3.8) is 0 Å². The molecule has 0 saturated carbocycles. The highest BCUT2D eigenvalue weighted by Crippen LogP contribution is 2.30. The summed E-state index contributed by atoms with van der Waals surface area (Å²) >= 11 is 7.65. The van der Waals surface area contributed by atoms with Gasteiger partial charge in [0.25, 0.3) is 0 Å². The number of benzene rings is 1. The molecular weight excluding hydrogens is 296 g/mol. The molecule has 0 atom stereocenters. The van der Waals surface area contributed by atoms with Crippen LogP contribution in [0.5, 0.6) is 0 Å². The third kappa shape index (κ3) is 3.64. The second-order valence-corrected chi connectivity index (χ2v) is 5.71. The van der Waals surface area contributed by atoms with E-state index in [0.717, 1.165) is 4.90 Å². The maximum absolute atomic E-state index is 6.12. The fourth-order valence-electron chi connectivity index (χ4n) is 1.47. The van der Waals surface area contributed by atoms with E-state index in [9.17, 15) is 0 Å². The minimum absolute atomic E-state index is 0.211. The van der Waals surface area contributed by atoms with Gasteiger partial charge in [0.2, 0.25) is 11.9 Å². The van der Waals surface area contributed by atoms with E-state index in [1.54, 1.807) is 17.0 Å². The number of hydrogen-bond acceptors (Lipinski definition) is 7. The van der Waals surface area contributed by atoms with Crippen molar-refractivity contribution < 1.29 is 0 Å². The van der Waals surface area contributed by atoms with Crippen molar-refractivity contribution in [3.05, 3.63) is 29.0 Å². The van der Waals surface area contributed by atoms with Crippen molar-refractivity contribution in [1.82, 2.24) is 15.0 Å². The monoisotopic (exact) mass is 310 g/mol. The third-order valence-corrected chi connectivity index (χ3v) is 3.89. The van der Waals surface area contributed by atoms with Crippen LogP contribution < -0.4 is 16.4 Å². The highest BCUT2D eigenvalue weighted by Gasteiger charge is 2.08. The smallest absolute Gasteiger partial charge is 0.229 e. The molecule has 1 aromatic carbocycles. The molecule has 0 amide bonds. The van der Waals surface area contributed by atoms with E-state index < -0.39 is 0 Å². The topological polar surface area (TPSA) is 94.0 Å². The first-order valence-electron chi connectivity index (χ1n) is 5.81. The zero-order valence-corrected chi connectivity index (χ0v) is 12.7. The summed E-state index contributed by atoms with van der Waals surface area (Å²) in [5.41, 5.74) is 12.0. The largest absolute Gasteiger partial charge is 0.399 e. The Morgan fingerprint density at radius 1 is 1.20 bits per heavy atom. The van der Waals surface area contributed by atoms with Gasteiger partial charge in [0.05, 0.1) is 10.8 Å². The molecule has 0 unspecified atom stereocenters. The Bertz CT molecular complexity index is 619. The average molecular weight is 311 g/mol. The van der Waals surface area contributed by atoms with E-state index >= 15 is 0 Å². The number of hydrogen-bond donors (Lipinski definition) is 2. The number of nitrogens with zero attached hydrogens (tertiary/aromatic N) is 4. The predicted octanol–water partition coefficient (Wildman–Crippen LogP) is 2.05. The van der Waals surface area contributed by atoms with Crippen molar-refractivity contribution in [3.8, 4) is 0 Å². The Morgan fingerprint density at radius 2 is 1.95 bits per heavy atom. The molecule has 0 bridgehead atoms. The van der Waals surface area contributed by atoms with Crippen molar-refractivity contribution in [2.75, 3.05) is 30.5 Å². The Kier molecular flexibility index (Phi) is 4.51. The van der Waals surface area contributed by atoms with Gasteiger partial charge in [-0.25, -0.2) is 0 Å². The molecule has 20 heavy (non-hydrogen) atoms. The van der Waals surface area contributed by atoms with Crippen LogP contribution in [0.2, 0.25) is 5.02 Å². The van der Waals surface area contributed by atoms with Crippen LogP contribution in [-0.2, 0) is 5.75 Å². The minimum atomic E-state index is 0.211. The fourth-order valence-corrected chi connectivity index (χ4v) is 2.59. The van der Waals surface area contributed by atoms with Gasteiger partial charge in [0, 0.05) is 24.7 Å². The zero-order chi connectivity index (χ0) is 14.7. The molecule has 8 heteroatoms. The molecule has 0 spiro atoms. The van der Waals surface area contributed by atoms with Gasteiger partial charge in [-0.15, -0.1) is 11.8 Å². The second kappa shape index (κ2) is 6.15. The summed E-state index contributed by atoms with van der Waals surface area (Å²) in [7, 11) is 3.70. The minimum Gasteiger partial charge on any atom is -0.399 e. The summed E-state index contributed by atoms with van der Waals surface area (Å²) < 4.78 is 0. The molecule has 6 nitrogen and oxygen atoms in total. The summed E-state index contributed by atoms with van der Waals surface area (Å²) in [6.07, 6.45) is 0. The van der Waals surface area contributed by atoms with E-state index in [0.29, 0.717) is 28.2 Å². The SMILES string of the molecule is CN(C)c1nc(N)nc(CSc2ccc(N)cc2Cl)n1. The van der Waals surface area contributed by atoms with Crippen LogP contribution in [0.1, 0.15) is 5.82 Å².